The van der Waals surface area contributed by atoms with Crippen molar-refractivity contribution in [1.82, 2.24) is 0 Å². The Morgan fingerprint density at radius 3 is 1.91 bits per heavy atom. The molecule has 2 unspecified atom stereocenters. The smallest absolute Gasteiger partial charge is 0.195 e. The predicted molar refractivity (Wildman–Crippen MR) is 136 cm³/mol. The summed E-state index contributed by atoms with van der Waals surface area (Å²) < 4.78 is 35.6. The molecule has 2 atom stereocenters. The van der Waals surface area contributed by atoms with Gasteiger partial charge in [0.25, 0.3) is 0 Å². The SMILES string of the molecule is CCCCCCCCCCCCCCCC1(F)C=CC(C#Cc2ccccc2)=C(OC)C1F. The minimum atomic E-state index is -2.01. The van der Waals surface area contributed by atoms with Crippen LogP contribution in [-0.2, 0) is 4.74 Å². The van der Waals surface area contributed by atoms with Gasteiger partial charge in [-0.15, -0.1) is 0 Å². The lowest BCUT2D eigenvalue weighted by atomic mass is 9.86. The minimum absolute atomic E-state index is 0.00174. The van der Waals surface area contributed by atoms with Gasteiger partial charge in [-0.25, -0.2) is 8.78 Å². The molecule has 0 aliphatic heterocycles. The molecule has 1 aromatic rings. The van der Waals surface area contributed by atoms with Crippen LogP contribution < -0.4 is 0 Å². The van der Waals surface area contributed by atoms with Crippen LogP contribution in [0.1, 0.15) is 102 Å². The maximum Gasteiger partial charge on any atom is 0.195 e. The fourth-order valence-electron chi connectivity index (χ4n) is 4.34. The van der Waals surface area contributed by atoms with E-state index in [1.807, 2.05) is 30.3 Å². The maximum absolute atomic E-state index is 15.3. The highest BCUT2D eigenvalue weighted by Gasteiger charge is 2.43. The normalized spacial score (nSPS) is 19.9. The Kier molecular flexibility index (Phi) is 12.9. The molecule has 1 aromatic carbocycles. The van der Waals surface area contributed by atoms with E-state index >= 15 is 8.78 Å². The summed E-state index contributed by atoms with van der Waals surface area (Å²) >= 11 is 0. The third kappa shape index (κ3) is 9.75. The van der Waals surface area contributed by atoms with Gasteiger partial charge in [0.15, 0.2) is 11.8 Å². The Morgan fingerprint density at radius 2 is 1.36 bits per heavy atom. The number of allylic oxidation sites excluding steroid dienone is 4. The summed E-state index contributed by atoms with van der Waals surface area (Å²) in [5.74, 6) is 5.93. The molecule has 0 amide bonds. The third-order valence-corrected chi connectivity index (χ3v) is 6.44. The summed E-state index contributed by atoms with van der Waals surface area (Å²) in [5, 5.41) is 0. The van der Waals surface area contributed by atoms with Crippen LogP contribution in [-0.4, -0.2) is 19.0 Å². The van der Waals surface area contributed by atoms with E-state index in [-0.39, 0.29) is 12.2 Å². The summed E-state index contributed by atoms with van der Waals surface area (Å²) in [6, 6.07) is 9.47. The third-order valence-electron chi connectivity index (χ3n) is 6.44. The predicted octanol–water partition coefficient (Wildman–Crippen LogP) is 9.04. The lowest BCUT2D eigenvalue weighted by molar-refractivity contribution is 0.0620. The minimum Gasteiger partial charge on any atom is -0.497 e. The van der Waals surface area contributed by atoms with Gasteiger partial charge in [0, 0.05) is 5.56 Å². The Bertz CT molecular complexity index is 787. The number of alkyl halides is 2. The van der Waals surface area contributed by atoms with Crippen LogP contribution in [0.4, 0.5) is 8.78 Å². The molecule has 0 heterocycles. The second-order valence-corrected chi connectivity index (χ2v) is 9.21. The van der Waals surface area contributed by atoms with Gasteiger partial charge in [0.2, 0.25) is 0 Å². The molecule has 0 fully saturated rings. The molecule has 0 radical (unpaired) electrons. The van der Waals surface area contributed by atoms with E-state index in [4.69, 9.17) is 4.74 Å². The van der Waals surface area contributed by atoms with Crippen LogP contribution in [0.2, 0.25) is 0 Å². The number of hydrogen-bond donors (Lipinski definition) is 0. The van der Waals surface area contributed by atoms with E-state index < -0.39 is 11.8 Å². The Labute approximate surface area is 200 Å². The lowest BCUT2D eigenvalue weighted by Crippen LogP contribution is -2.37. The number of ether oxygens (including phenoxy) is 1. The first kappa shape index (κ1) is 27.2. The monoisotopic (exact) mass is 456 g/mol. The number of hydrogen-bond acceptors (Lipinski definition) is 1. The first-order valence-electron chi connectivity index (χ1n) is 13.0. The van der Waals surface area contributed by atoms with Crippen LogP contribution in [0.15, 0.2) is 53.8 Å². The zero-order valence-corrected chi connectivity index (χ0v) is 20.7. The quantitative estimate of drug-likeness (QED) is 0.189. The molecule has 1 nitrogen and oxygen atoms in total. The van der Waals surface area contributed by atoms with E-state index in [2.05, 4.69) is 18.8 Å². The highest BCUT2D eigenvalue weighted by atomic mass is 19.2. The van der Waals surface area contributed by atoms with Gasteiger partial charge < -0.3 is 4.74 Å². The fourth-order valence-corrected chi connectivity index (χ4v) is 4.34. The van der Waals surface area contributed by atoms with E-state index in [0.29, 0.717) is 12.0 Å². The summed E-state index contributed by atoms with van der Waals surface area (Å²) in [6.45, 7) is 2.25. The molecular weight excluding hydrogens is 414 g/mol. The van der Waals surface area contributed by atoms with Crippen molar-refractivity contribution in [3.63, 3.8) is 0 Å². The van der Waals surface area contributed by atoms with Crippen molar-refractivity contribution in [3.8, 4) is 11.8 Å². The Morgan fingerprint density at radius 1 is 0.818 bits per heavy atom. The van der Waals surface area contributed by atoms with Gasteiger partial charge in [0.05, 0.1) is 12.7 Å². The maximum atomic E-state index is 15.3. The van der Waals surface area contributed by atoms with Crippen LogP contribution >= 0.6 is 0 Å². The average molecular weight is 457 g/mol. The van der Waals surface area contributed by atoms with Gasteiger partial charge >= 0.3 is 0 Å². The lowest BCUT2D eigenvalue weighted by Gasteiger charge is -2.30. The average Bonchev–Trinajstić information content (AvgIpc) is 2.83. The van der Waals surface area contributed by atoms with Crippen molar-refractivity contribution >= 4 is 0 Å². The van der Waals surface area contributed by atoms with E-state index in [0.717, 1.165) is 18.4 Å². The second kappa shape index (κ2) is 15.7. The fraction of sp³-hybridized carbons (Fsp3) is 0.600. The molecule has 0 bridgehead atoms. The number of unbranched alkanes of at least 4 members (excludes halogenated alkanes) is 12. The summed E-state index contributed by atoms with van der Waals surface area (Å²) in [5.41, 5.74) is -0.776. The number of methoxy groups -OCH3 is 1. The standard InChI is InChI=1S/C30H42F2O/c1-3-4-5-6-7-8-9-10-11-12-13-14-18-24-30(32)25-23-27(28(33-2)29(30)31)22-21-26-19-16-15-17-20-26/h15-17,19-20,23,25,29H,3-14,18,24H2,1-2H3. The first-order chi connectivity index (χ1) is 16.1. The molecule has 33 heavy (non-hydrogen) atoms. The van der Waals surface area contributed by atoms with Crippen LogP contribution in [0, 0.1) is 11.8 Å². The van der Waals surface area contributed by atoms with Gasteiger partial charge in [-0.3, -0.25) is 0 Å². The zero-order valence-electron chi connectivity index (χ0n) is 20.7. The molecule has 0 spiro atoms. The highest BCUT2D eigenvalue weighted by Crippen LogP contribution is 2.37. The largest absolute Gasteiger partial charge is 0.497 e. The van der Waals surface area contributed by atoms with Crippen LogP contribution in [0.3, 0.4) is 0 Å². The Balaban J connectivity index is 1.67. The second-order valence-electron chi connectivity index (χ2n) is 9.21. The molecule has 182 valence electrons. The van der Waals surface area contributed by atoms with Gasteiger partial charge in [-0.2, -0.15) is 0 Å². The molecule has 3 heteroatoms. The van der Waals surface area contributed by atoms with E-state index in [9.17, 15) is 0 Å². The summed E-state index contributed by atoms with van der Waals surface area (Å²) in [6.07, 6.45) is 17.2. The van der Waals surface area contributed by atoms with Crippen LogP contribution in [0.5, 0.6) is 0 Å². The first-order valence-corrected chi connectivity index (χ1v) is 13.0. The van der Waals surface area contributed by atoms with Crippen molar-refractivity contribution in [3.05, 3.63) is 59.4 Å². The van der Waals surface area contributed by atoms with Gasteiger partial charge in [-0.05, 0) is 37.1 Å². The number of rotatable bonds is 15. The molecule has 2 rings (SSSR count). The summed E-state index contributed by atoms with van der Waals surface area (Å²) in [4.78, 5) is 0. The van der Waals surface area contributed by atoms with Crippen LogP contribution in [0.25, 0.3) is 0 Å². The van der Waals surface area contributed by atoms with E-state index in [1.54, 1.807) is 6.08 Å². The van der Waals surface area contributed by atoms with Gasteiger partial charge in [0.1, 0.15) is 5.76 Å². The summed E-state index contributed by atoms with van der Waals surface area (Å²) in [7, 11) is 1.39. The van der Waals surface area contributed by atoms with Gasteiger partial charge in [-0.1, -0.05) is 114 Å². The number of benzene rings is 1. The van der Waals surface area contributed by atoms with Crippen molar-refractivity contribution < 1.29 is 13.5 Å². The number of halogens is 2. The highest BCUT2D eigenvalue weighted by molar-refractivity contribution is 5.50. The molecule has 0 aromatic heterocycles. The van der Waals surface area contributed by atoms with Crippen molar-refractivity contribution in [2.45, 2.75) is 109 Å². The van der Waals surface area contributed by atoms with Crippen molar-refractivity contribution in [1.29, 1.82) is 0 Å². The van der Waals surface area contributed by atoms with E-state index in [1.165, 1.54) is 77.4 Å². The molecule has 0 saturated carbocycles. The topological polar surface area (TPSA) is 9.23 Å². The zero-order chi connectivity index (χ0) is 23.8. The molecule has 0 saturated heterocycles. The Hall–Kier alpha value is -2.08. The van der Waals surface area contributed by atoms with Crippen molar-refractivity contribution in [2.24, 2.45) is 0 Å². The molecule has 1 aliphatic carbocycles. The molecular formula is C30H42F2O. The molecule has 1 aliphatic rings. The molecule has 0 N–H and O–H groups in total. The van der Waals surface area contributed by atoms with Crippen molar-refractivity contribution in [2.75, 3.05) is 7.11 Å².